The Balaban J connectivity index is 1.47. The normalized spacial score (nSPS) is 15.7. The Hall–Kier alpha value is -4.34. The van der Waals surface area contributed by atoms with Crippen molar-refractivity contribution in [1.82, 2.24) is 24.6 Å². The molecule has 5 rings (SSSR count). The molecular weight excluding hydrogens is 466 g/mol. The lowest BCUT2D eigenvalue weighted by Crippen LogP contribution is -2.40. The predicted molar refractivity (Wildman–Crippen MR) is 131 cm³/mol. The number of hydrogen-bond donors (Lipinski definition) is 1. The molecule has 2 aromatic carbocycles. The summed E-state index contributed by atoms with van der Waals surface area (Å²) in [5.74, 6) is -0.863. The average molecular weight is 491 g/mol. The number of carbonyl (C=O) groups is 1. The van der Waals surface area contributed by atoms with E-state index in [0.717, 1.165) is 12.8 Å². The first-order valence-electron chi connectivity index (χ1n) is 11.5. The SMILES string of the molecule is C=CC(=O)N1CCC[C@@H](n2nc(-c3ccc(OCc4cccc(F)c4)c(F)c3)c3c(N)ncnc32)C1. The second-order valence-corrected chi connectivity index (χ2v) is 8.60. The van der Waals surface area contributed by atoms with Crippen LogP contribution in [0.4, 0.5) is 14.6 Å². The summed E-state index contributed by atoms with van der Waals surface area (Å²) < 4.78 is 35.7. The van der Waals surface area contributed by atoms with Gasteiger partial charge in [0.15, 0.2) is 17.2 Å². The fourth-order valence-electron chi connectivity index (χ4n) is 4.49. The van der Waals surface area contributed by atoms with Gasteiger partial charge in [-0.2, -0.15) is 5.10 Å². The van der Waals surface area contributed by atoms with Crippen molar-refractivity contribution in [2.24, 2.45) is 0 Å². The van der Waals surface area contributed by atoms with E-state index in [0.29, 0.717) is 40.9 Å². The van der Waals surface area contributed by atoms with E-state index in [-0.39, 0.29) is 35.9 Å². The van der Waals surface area contributed by atoms with Gasteiger partial charge in [-0.1, -0.05) is 18.7 Å². The third-order valence-corrected chi connectivity index (χ3v) is 6.24. The summed E-state index contributed by atoms with van der Waals surface area (Å²) in [4.78, 5) is 22.4. The topological polar surface area (TPSA) is 99.2 Å². The summed E-state index contributed by atoms with van der Waals surface area (Å²) in [7, 11) is 0. The van der Waals surface area contributed by atoms with Crippen LogP contribution in [0.3, 0.4) is 0 Å². The van der Waals surface area contributed by atoms with Crippen LogP contribution in [0.1, 0.15) is 24.4 Å². The average Bonchev–Trinajstić information content (AvgIpc) is 3.29. The number of nitrogens with zero attached hydrogens (tertiary/aromatic N) is 5. The van der Waals surface area contributed by atoms with Gasteiger partial charge in [0.05, 0.1) is 11.4 Å². The maximum atomic E-state index is 15.0. The zero-order valence-corrected chi connectivity index (χ0v) is 19.4. The van der Waals surface area contributed by atoms with E-state index in [1.165, 1.54) is 36.7 Å². The first-order valence-corrected chi connectivity index (χ1v) is 11.5. The molecular formula is C26H24F2N6O2. The van der Waals surface area contributed by atoms with Gasteiger partial charge >= 0.3 is 0 Å². The van der Waals surface area contributed by atoms with E-state index in [1.54, 1.807) is 27.8 Å². The lowest BCUT2D eigenvalue weighted by Gasteiger charge is -2.32. The van der Waals surface area contributed by atoms with Crippen LogP contribution in [0.15, 0.2) is 61.4 Å². The highest BCUT2D eigenvalue weighted by molar-refractivity contribution is 5.98. The van der Waals surface area contributed by atoms with Gasteiger partial charge in [0.2, 0.25) is 5.91 Å². The zero-order valence-electron chi connectivity index (χ0n) is 19.4. The molecule has 184 valence electrons. The number of hydrogen-bond acceptors (Lipinski definition) is 6. The van der Waals surface area contributed by atoms with Crippen LogP contribution in [-0.4, -0.2) is 43.6 Å². The van der Waals surface area contributed by atoms with Crippen LogP contribution < -0.4 is 10.5 Å². The molecule has 0 spiro atoms. The molecule has 10 heteroatoms. The van der Waals surface area contributed by atoms with Gasteiger partial charge in [-0.25, -0.2) is 23.4 Å². The number of amides is 1. The van der Waals surface area contributed by atoms with Crippen LogP contribution >= 0.6 is 0 Å². The Kier molecular flexibility index (Phi) is 6.32. The maximum Gasteiger partial charge on any atom is 0.246 e. The maximum absolute atomic E-state index is 15.0. The molecule has 0 aliphatic carbocycles. The molecule has 36 heavy (non-hydrogen) atoms. The van der Waals surface area contributed by atoms with Crippen LogP contribution in [-0.2, 0) is 11.4 Å². The molecule has 1 atom stereocenters. The van der Waals surface area contributed by atoms with Crippen molar-refractivity contribution in [1.29, 1.82) is 0 Å². The number of fused-ring (bicyclic) bond motifs is 1. The highest BCUT2D eigenvalue weighted by atomic mass is 19.1. The minimum atomic E-state index is -0.595. The summed E-state index contributed by atoms with van der Waals surface area (Å²) >= 11 is 0. The third-order valence-electron chi connectivity index (χ3n) is 6.24. The molecule has 0 unspecified atom stereocenters. The Morgan fingerprint density at radius 1 is 1.22 bits per heavy atom. The fraction of sp³-hybridized carbons (Fsp3) is 0.231. The number of carbonyl (C=O) groups excluding carboxylic acids is 1. The first-order chi connectivity index (χ1) is 17.4. The van der Waals surface area contributed by atoms with Crippen molar-refractivity contribution >= 4 is 22.8 Å². The number of aromatic nitrogens is 4. The summed E-state index contributed by atoms with van der Waals surface area (Å²) in [5, 5.41) is 5.27. The lowest BCUT2D eigenvalue weighted by molar-refractivity contribution is -0.127. The van der Waals surface area contributed by atoms with Crippen LogP contribution in [0.25, 0.3) is 22.3 Å². The quantitative estimate of drug-likeness (QED) is 0.405. The number of piperidine rings is 1. The van der Waals surface area contributed by atoms with E-state index in [9.17, 15) is 9.18 Å². The molecule has 1 fully saturated rings. The van der Waals surface area contributed by atoms with Gasteiger partial charge in [-0.3, -0.25) is 4.79 Å². The number of ether oxygens (including phenoxy) is 1. The van der Waals surface area contributed by atoms with E-state index in [1.807, 2.05) is 0 Å². The highest BCUT2D eigenvalue weighted by Gasteiger charge is 2.28. The molecule has 4 aromatic rings. The largest absolute Gasteiger partial charge is 0.486 e. The van der Waals surface area contributed by atoms with E-state index in [4.69, 9.17) is 15.6 Å². The van der Waals surface area contributed by atoms with Crippen LogP contribution in [0, 0.1) is 11.6 Å². The van der Waals surface area contributed by atoms with Gasteiger partial charge in [0, 0.05) is 18.7 Å². The molecule has 1 aliphatic rings. The first kappa shape index (κ1) is 23.4. The van der Waals surface area contributed by atoms with Crippen molar-refractivity contribution < 1.29 is 18.3 Å². The lowest BCUT2D eigenvalue weighted by atomic mass is 10.1. The van der Waals surface area contributed by atoms with Gasteiger partial charge < -0.3 is 15.4 Å². The van der Waals surface area contributed by atoms with E-state index in [2.05, 4.69) is 16.5 Å². The Bertz CT molecular complexity index is 1450. The molecule has 8 nitrogen and oxygen atoms in total. The molecule has 2 aromatic heterocycles. The molecule has 1 amide bonds. The molecule has 0 saturated carbocycles. The van der Waals surface area contributed by atoms with Gasteiger partial charge in [-0.15, -0.1) is 0 Å². The van der Waals surface area contributed by atoms with Crippen molar-refractivity contribution in [2.75, 3.05) is 18.8 Å². The summed E-state index contributed by atoms with van der Waals surface area (Å²) in [6.07, 6.45) is 4.25. The van der Waals surface area contributed by atoms with Gasteiger partial charge in [-0.05, 0) is 54.8 Å². The van der Waals surface area contributed by atoms with Crippen molar-refractivity contribution in [2.45, 2.75) is 25.5 Å². The Morgan fingerprint density at radius 3 is 2.86 bits per heavy atom. The van der Waals surface area contributed by atoms with Crippen molar-refractivity contribution in [3.05, 3.63) is 78.6 Å². The molecule has 0 bridgehead atoms. The van der Waals surface area contributed by atoms with Crippen LogP contribution in [0.2, 0.25) is 0 Å². The van der Waals surface area contributed by atoms with Crippen molar-refractivity contribution in [3.63, 3.8) is 0 Å². The van der Waals surface area contributed by atoms with Crippen molar-refractivity contribution in [3.8, 4) is 17.0 Å². The predicted octanol–water partition coefficient (Wildman–Crippen LogP) is 4.28. The number of halogens is 2. The highest BCUT2D eigenvalue weighted by Crippen LogP contribution is 2.35. The summed E-state index contributed by atoms with van der Waals surface area (Å²) in [6.45, 7) is 4.69. The minimum Gasteiger partial charge on any atom is -0.486 e. The summed E-state index contributed by atoms with van der Waals surface area (Å²) in [6, 6.07) is 10.3. The number of nitrogen functional groups attached to an aromatic ring is 1. The van der Waals surface area contributed by atoms with Gasteiger partial charge in [0.1, 0.15) is 30.3 Å². The number of benzene rings is 2. The number of nitrogens with two attached hydrogens (primary N) is 1. The molecule has 2 N–H and O–H groups in total. The molecule has 0 radical (unpaired) electrons. The third kappa shape index (κ3) is 4.49. The molecule has 3 heterocycles. The van der Waals surface area contributed by atoms with Gasteiger partial charge in [0.25, 0.3) is 0 Å². The van der Waals surface area contributed by atoms with E-state index < -0.39 is 5.82 Å². The standard InChI is InChI=1S/C26H24F2N6O2/c1-2-22(35)33-10-4-7-19(13-33)34-26-23(25(29)30-15-31-26)24(32-34)17-8-9-21(20(28)12-17)36-14-16-5-3-6-18(27)11-16/h2-3,5-6,8-9,11-12,15,19H,1,4,7,10,13-14H2,(H2,29,30,31)/t19-/m1/s1. The minimum absolute atomic E-state index is 0.0218. The number of anilines is 1. The number of likely N-dealkylation sites (tertiary alicyclic amines) is 1. The molecule has 1 aliphatic heterocycles. The second-order valence-electron chi connectivity index (χ2n) is 8.60. The van der Waals surface area contributed by atoms with E-state index >= 15 is 4.39 Å². The molecule has 1 saturated heterocycles. The fourth-order valence-corrected chi connectivity index (χ4v) is 4.49. The smallest absolute Gasteiger partial charge is 0.246 e. The summed E-state index contributed by atoms with van der Waals surface area (Å²) in [5.41, 5.74) is 8.21. The Labute approximate surface area is 206 Å². The Morgan fingerprint density at radius 2 is 2.08 bits per heavy atom. The monoisotopic (exact) mass is 490 g/mol. The second kappa shape index (κ2) is 9.73. The van der Waals surface area contributed by atoms with Crippen LogP contribution in [0.5, 0.6) is 5.75 Å². The zero-order chi connectivity index (χ0) is 25.2. The number of rotatable bonds is 6.